The molecule has 0 spiro atoms. The van der Waals surface area contributed by atoms with Crippen LogP contribution in [0.2, 0.25) is 0 Å². The maximum atomic E-state index is 8.61. The molecule has 0 aliphatic carbocycles. The predicted octanol–water partition coefficient (Wildman–Crippen LogP) is 2.14. The largest absolute Gasteiger partial charge is 0.493 e. The van der Waals surface area contributed by atoms with E-state index in [1.165, 1.54) is 5.57 Å². The molecule has 0 unspecified atom stereocenters. The lowest BCUT2D eigenvalue weighted by molar-refractivity contribution is 0.411. The molecule has 1 aromatic heterocycles. The van der Waals surface area contributed by atoms with Crippen LogP contribution < -0.4 is 9.64 Å². The highest BCUT2D eigenvalue weighted by Gasteiger charge is 2.18. The van der Waals surface area contributed by atoms with Crippen molar-refractivity contribution in [2.75, 3.05) is 25.1 Å². The monoisotopic (exact) mass is 229 g/mol. The Labute approximate surface area is 101 Å². The number of ether oxygens (including phenoxy) is 1. The third kappa shape index (κ3) is 2.56. The van der Waals surface area contributed by atoms with E-state index >= 15 is 0 Å². The van der Waals surface area contributed by atoms with E-state index in [1.54, 1.807) is 19.4 Å². The van der Waals surface area contributed by atoms with Gasteiger partial charge in [-0.2, -0.15) is 5.26 Å². The summed E-state index contributed by atoms with van der Waals surface area (Å²) in [6.45, 7) is 1.78. The van der Waals surface area contributed by atoms with E-state index in [0.29, 0.717) is 0 Å². The Morgan fingerprint density at radius 2 is 2.24 bits per heavy atom. The van der Waals surface area contributed by atoms with Crippen LogP contribution in [0, 0.1) is 11.3 Å². The molecule has 4 heteroatoms. The van der Waals surface area contributed by atoms with Crippen molar-refractivity contribution in [3.05, 3.63) is 30.0 Å². The summed E-state index contributed by atoms with van der Waals surface area (Å²) in [6.07, 6.45) is 5.28. The molecule has 2 heterocycles. The summed E-state index contributed by atoms with van der Waals surface area (Å²) in [6, 6.07) is 5.88. The van der Waals surface area contributed by atoms with Gasteiger partial charge in [0.1, 0.15) is 0 Å². The van der Waals surface area contributed by atoms with Crippen molar-refractivity contribution >= 4 is 5.82 Å². The number of rotatable bonds is 2. The summed E-state index contributed by atoms with van der Waals surface area (Å²) in [5.74, 6) is 1.70. The van der Waals surface area contributed by atoms with Crippen LogP contribution in [0.3, 0.4) is 0 Å². The molecule has 1 fully saturated rings. The lowest BCUT2D eigenvalue weighted by atomic mass is 10.0. The maximum absolute atomic E-state index is 8.61. The predicted molar refractivity (Wildman–Crippen MR) is 65.9 cm³/mol. The average molecular weight is 229 g/mol. The van der Waals surface area contributed by atoms with Crippen LogP contribution >= 0.6 is 0 Å². The third-order valence-corrected chi connectivity index (χ3v) is 2.94. The fraction of sp³-hybridized carbons (Fsp3) is 0.385. The van der Waals surface area contributed by atoms with Gasteiger partial charge in [0, 0.05) is 25.4 Å². The van der Waals surface area contributed by atoms with Gasteiger partial charge in [-0.15, -0.1) is 0 Å². The molecule has 88 valence electrons. The molecule has 0 aromatic carbocycles. The van der Waals surface area contributed by atoms with Crippen molar-refractivity contribution in [1.29, 1.82) is 5.26 Å². The molecule has 0 radical (unpaired) electrons. The lowest BCUT2D eigenvalue weighted by Crippen LogP contribution is -2.31. The average Bonchev–Trinajstić information content (AvgIpc) is 2.40. The molecule has 1 aromatic rings. The van der Waals surface area contributed by atoms with Crippen LogP contribution in [-0.4, -0.2) is 25.2 Å². The molecule has 2 rings (SSSR count). The van der Waals surface area contributed by atoms with Crippen molar-refractivity contribution in [1.82, 2.24) is 4.98 Å². The van der Waals surface area contributed by atoms with E-state index in [9.17, 15) is 0 Å². The van der Waals surface area contributed by atoms with E-state index in [4.69, 9.17) is 10.00 Å². The molecule has 1 aliphatic heterocycles. The second-order valence-electron chi connectivity index (χ2n) is 3.95. The van der Waals surface area contributed by atoms with Crippen molar-refractivity contribution < 1.29 is 4.74 Å². The van der Waals surface area contributed by atoms with Gasteiger partial charge >= 0.3 is 0 Å². The topological polar surface area (TPSA) is 49.1 Å². The first-order chi connectivity index (χ1) is 8.35. The van der Waals surface area contributed by atoms with Crippen molar-refractivity contribution in [2.45, 2.75) is 12.8 Å². The Kier molecular flexibility index (Phi) is 3.61. The fourth-order valence-electron chi connectivity index (χ4n) is 2.02. The first-order valence-corrected chi connectivity index (χ1v) is 5.66. The van der Waals surface area contributed by atoms with Gasteiger partial charge in [-0.1, -0.05) is 5.57 Å². The number of nitriles is 1. The fourth-order valence-corrected chi connectivity index (χ4v) is 2.02. The third-order valence-electron chi connectivity index (χ3n) is 2.94. The van der Waals surface area contributed by atoms with E-state index < -0.39 is 0 Å². The number of pyridine rings is 1. The van der Waals surface area contributed by atoms with Gasteiger partial charge in [-0.05, 0) is 25.0 Å². The molecule has 0 N–H and O–H groups in total. The summed E-state index contributed by atoms with van der Waals surface area (Å²) in [7, 11) is 1.66. The Bertz CT molecular complexity index is 452. The number of nitrogens with zero attached hydrogens (tertiary/aromatic N) is 3. The van der Waals surface area contributed by atoms with Crippen molar-refractivity contribution in [3.8, 4) is 11.8 Å². The number of anilines is 1. The summed E-state index contributed by atoms with van der Waals surface area (Å²) in [5, 5.41) is 8.61. The standard InChI is InChI=1S/C13H15N3O/c1-17-12-3-2-8-15-13(12)16-9-5-11(4-7-14)6-10-16/h2-4,8H,5-6,9-10H2,1H3. The molecule has 0 bridgehead atoms. The highest BCUT2D eigenvalue weighted by atomic mass is 16.5. The van der Waals surface area contributed by atoms with Gasteiger partial charge in [-0.3, -0.25) is 0 Å². The summed E-state index contributed by atoms with van der Waals surface area (Å²) >= 11 is 0. The van der Waals surface area contributed by atoms with E-state index in [-0.39, 0.29) is 0 Å². The normalized spacial score (nSPS) is 15.3. The zero-order valence-electron chi connectivity index (χ0n) is 9.89. The first-order valence-electron chi connectivity index (χ1n) is 5.66. The smallest absolute Gasteiger partial charge is 0.171 e. The first kappa shape index (κ1) is 11.5. The van der Waals surface area contributed by atoms with Crippen molar-refractivity contribution in [3.63, 3.8) is 0 Å². The van der Waals surface area contributed by atoms with Crippen molar-refractivity contribution in [2.24, 2.45) is 0 Å². The molecule has 1 saturated heterocycles. The second-order valence-corrected chi connectivity index (χ2v) is 3.95. The van der Waals surface area contributed by atoms with Gasteiger partial charge in [0.2, 0.25) is 0 Å². The van der Waals surface area contributed by atoms with Gasteiger partial charge in [0.15, 0.2) is 11.6 Å². The van der Waals surface area contributed by atoms with Gasteiger partial charge in [0.25, 0.3) is 0 Å². The van der Waals surface area contributed by atoms with Crippen LogP contribution in [0.15, 0.2) is 30.0 Å². The second kappa shape index (κ2) is 5.35. The number of hydrogen-bond donors (Lipinski definition) is 0. The van der Waals surface area contributed by atoms with Crippen LogP contribution in [0.25, 0.3) is 0 Å². The van der Waals surface area contributed by atoms with E-state index in [2.05, 4.69) is 16.0 Å². The van der Waals surface area contributed by atoms with Gasteiger partial charge in [0.05, 0.1) is 13.2 Å². The SMILES string of the molecule is COc1cccnc1N1CCC(=CC#N)CC1. The maximum Gasteiger partial charge on any atom is 0.171 e. The van der Waals surface area contributed by atoms with E-state index in [0.717, 1.165) is 37.5 Å². The van der Waals surface area contributed by atoms with Gasteiger partial charge < -0.3 is 9.64 Å². The highest BCUT2D eigenvalue weighted by Crippen LogP contribution is 2.28. The van der Waals surface area contributed by atoms with E-state index in [1.807, 2.05) is 12.1 Å². The molecule has 0 amide bonds. The summed E-state index contributed by atoms with van der Waals surface area (Å²) in [4.78, 5) is 6.56. The summed E-state index contributed by atoms with van der Waals surface area (Å²) < 4.78 is 5.30. The molecule has 0 atom stereocenters. The van der Waals surface area contributed by atoms with Gasteiger partial charge in [-0.25, -0.2) is 4.98 Å². The highest BCUT2D eigenvalue weighted by molar-refractivity contribution is 5.52. The molecular weight excluding hydrogens is 214 g/mol. The molecular formula is C13H15N3O. The van der Waals surface area contributed by atoms with Crippen LogP contribution in [-0.2, 0) is 0 Å². The quantitative estimate of drug-likeness (QED) is 0.729. The number of piperidine rings is 1. The number of aromatic nitrogens is 1. The zero-order valence-corrected chi connectivity index (χ0v) is 9.89. The number of allylic oxidation sites excluding steroid dienone is 1. The summed E-state index contributed by atoms with van der Waals surface area (Å²) in [5.41, 5.74) is 1.22. The van der Waals surface area contributed by atoms with Crippen LogP contribution in [0.5, 0.6) is 5.75 Å². The minimum atomic E-state index is 0.806. The zero-order chi connectivity index (χ0) is 12.1. The Hall–Kier alpha value is -2.02. The Morgan fingerprint density at radius 3 is 2.88 bits per heavy atom. The Morgan fingerprint density at radius 1 is 1.47 bits per heavy atom. The molecule has 4 nitrogen and oxygen atoms in total. The number of hydrogen-bond acceptors (Lipinski definition) is 4. The molecule has 0 saturated carbocycles. The molecule has 17 heavy (non-hydrogen) atoms. The Balaban J connectivity index is 2.11. The molecule has 1 aliphatic rings. The van der Waals surface area contributed by atoms with Crippen LogP contribution in [0.1, 0.15) is 12.8 Å². The number of methoxy groups -OCH3 is 1. The van der Waals surface area contributed by atoms with Crippen LogP contribution in [0.4, 0.5) is 5.82 Å². The minimum absolute atomic E-state index is 0.806. The minimum Gasteiger partial charge on any atom is -0.493 e. The lowest BCUT2D eigenvalue weighted by Gasteiger charge is -2.29.